The highest BCUT2D eigenvalue weighted by Gasteiger charge is 2.47. The summed E-state index contributed by atoms with van der Waals surface area (Å²) in [5.41, 5.74) is 1.08. The van der Waals surface area contributed by atoms with Crippen molar-refractivity contribution in [2.75, 3.05) is 13.1 Å². The molecule has 0 spiro atoms. The van der Waals surface area contributed by atoms with Gasteiger partial charge < -0.3 is 10.0 Å². The molecule has 1 saturated heterocycles. The van der Waals surface area contributed by atoms with Crippen LogP contribution in [0.1, 0.15) is 52.8 Å². The molecule has 2 fully saturated rings. The molecule has 1 amide bonds. The number of amides is 1. The molecule has 148 valence electrons. The molecule has 1 N–H and O–H groups in total. The molecule has 4 rings (SSSR count). The van der Waals surface area contributed by atoms with E-state index in [1.54, 1.807) is 22.6 Å². The molecule has 2 atom stereocenters. The van der Waals surface area contributed by atoms with Crippen molar-refractivity contribution < 1.29 is 23.5 Å². The van der Waals surface area contributed by atoms with Gasteiger partial charge in [0.15, 0.2) is 11.6 Å². The Labute approximate surface area is 160 Å². The Hall–Kier alpha value is -2.77. The van der Waals surface area contributed by atoms with E-state index >= 15 is 0 Å². The summed E-state index contributed by atoms with van der Waals surface area (Å²) < 4.78 is 29.1. The van der Waals surface area contributed by atoms with E-state index in [9.17, 15) is 18.4 Å². The number of likely N-dealkylation sites (tertiary alicyclic amines) is 1. The van der Waals surface area contributed by atoms with E-state index in [0.717, 1.165) is 6.07 Å². The van der Waals surface area contributed by atoms with Crippen molar-refractivity contribution in [3.05, 3.63) is 52.9 Å². The average Bonchev–Trinajstić information content (AvgIpc) is 3.38. The minimum absolute atomic E-state index is 0.0180. The molecule has 1 aromatic heterocycles. The van der Waals surface area contributed by atoms with Crippen molar-refractivity contribution >= 4 is 11.9 Å². The number of carbonyl (C=O) groups is 2. The summed E-state index contributed by atoms with van der Waals surface area (Å²) >= 11 is 0. The summed E-state index contributed by atoms with van der Waals surface area (Å²) in [4.78, 5) is 25.7. The molecule has 1 aliphatic heterocycles. The zero-order valence-corrected chi connectivity index (χ0v) is 15.4. The van der Waals surface area contributed by atoms with Gasteiger partial charge in [-0.1, -0.05) is 12.1 Å². The summed E-state index contributed by atoms with van der Waals surface area (Å²) in [6.45, 7) is 2.82. The number of hydrogen-bond donors (Lipinski definition) is 1. The molecular formula is C20H21F2N3O3. The fourth-order valence-electron chi connectivity index (χ4n) is 4.19. The number of nitrogens with zero attached hydrogens (tertiary/aromatic N) is 3. The highest BCUT2D eigenvalue weighted by atomic mass is 19.2. The third kappa shape index (κ3) is 3.16. The Morgan fingerprint density at radius 3 is 2.57 bits per heavy atom. The minimum Gasteiger partial charge on any atom is -0.478 e. The van der Waals surface area contributed by atoms with Gasteiger partial charge in [0.2, 0.25) is 5.91 Å². The monoisotopic (exact) mass is 389 g/mol. The quantitative estimate of drug-likeness (QED) is 0.872. The Balaban J connectivity index is 1.38. The first kappa shape index (κ1) is 18.6. The van der Waals surface area contributed by atoms with E-state index < -0.39 is 17.6 Å². The van der Waals surface area contributed by atoms with E-state index in [4.69, 9.17) is 5.11 Å². The van der Waals surface area contributed by atoms with Gasteiger partial charge in [0.25, 0.3) is 0 Å². The van der Waals surface area contributed by atoms with E-state index in [2.05, 4.69) is 5.10 Å². The van der Waals surface area contributed by atoms with Crippen molar-refractivity contribution in [1.29, 1.82) is 0 Å². The number of carbonyl (C=O) groups excluding carboxylic acids is 1. The molecule has 8 heteroatoms. The predicted octanol–water partition coefficient (Wildman–Crippen LogP) is 3.14. The smallest absolute Gasteiger partial charge is 0.339 e. The van der Waals surface area contributed by atoms with Crippen LogP contribution in [-0.4, -0.2) is 44.8 Å². The van der Waals surface area contributed by atoms with E-state index in [1.807, 2.05) is 0 Å². The summed E-state index contributed by atoms with van der Waals surface area (Å²) in [6.07, 6.45) is 3.26. The second-order valence-electron chi connectivity index (χ2n) is 7.54. The topological polar surface area (TPSA) is 75.4 Å². The third-order valence-corrected chi connectivity index (χ3v) is 5.89. The molecule has 2 unspecified atom stereocenters. The maximum absolute atomic E-state index is 14.0. The fourth-order valence-corrected chi connectivity index (χ4v) is 4.19. The lowest BCUT2D eigenvalue weighted by Gasteiger charge is -2.33. The third-order valence-electron chi connectivity index (χ3n) is 5.89. The second kappa shape index (κ2) is 7.00. The van der Waals surface area contributed by atoms with Crippen LogP contribution in [0.4, 0.5) is 8.78 Å². The molecular weight excluding hydrogens is 368 g/mol. The Morgan fingerprint density at radius 2 is 1.93 bits per heavy atom. The van der Waals surface area contributed by atoms with Crippen molar-refractivity contribution in [1.82, 2.24) is 14.7 Å². The molecule has 1 aromatic carbocycles. The van der Waals surface area contributed by atoms with Crippen molar-refractivity contribution in [2.45, 2.75) is 38.1 Å². The lowest BCUT2D eigenvalue weighted by molar-refractivity contribution is -0.134. The number of halogens is 2. The van der Waals surface area contributed by atoms with Crippen LogP contribution in [-0.2, 0) is 4.79 Å². The molecule has 6 nitrogen and oxygen atoms in total. The standard InChI is InChI=1S/C20H21F2N3O3/c1-11-16(20(27)28)10-23-25(11)12-5-7-24(8-6-12)19(26)15-9-14(15)13-3-2-4-17(21)18(13)22/h2-4,10,12,14-15H,5-9H2,1H3,(H,27,28). The number of benzene rings is 1. The average molecular weight is 389 g/mol. The highest BCUT2D eigenvalue weighted by molar-refractivity contribution is 5.88. The largest absolute Gasteiger partial charge is 0.478 e. The normalized spacial score (nSPS) is 22.3. The number of rotatable bonds is 4. The van der Waals surface area contributed by atoms with Gasteiger partial charge in [-0.3, -0.25) is 9.48 Å². The number of piperidine rings is 1. The molecule has 2 aromatic rings. The van der Waals surface area contributed by atoms with Gasteiger partial charge in [-0.2, -0.15) is 5.10 Å². The van der Waals surface area contributed by atoms with Gasteiger partial charge in [0.1, 0.15) is 5.56 Å². The van der Waals surface area contributed by atoms with Crippen LogP contribution in [0.15, 0.2) is 24.4 Å². The lowest BCUT2D eigenvalue weighted by Crippen LogP contribution is -2.40. The van der Waals surface area contributed by atoms with Gasteiger partial charge in [-0.25, -0.2) is 13.6 Å². The van der Waals surface area contributed by atoms with Crippen LogP contribution in [0, 0.1) is 24.5 Å². The first-order valence-electron chi connectivity index (χ1n) is 9.38. The Kier molecular flexibility index (Phi) is 4.64. The summed E-state index contributed by atoms with van der Waals surface area (Å²) in [5.74, 6) is -3.31. The summed E-state index contributed by atoms with van der Waals surface area (Å²) in [5, 5.41) is 13.4. The predicted molar refractivity (Wildman–Crippen MR) is 96.0 cm³/mol. The van der Waals surface area contributed by atoms with Crippen LogP contribution in [0.2, 0.25) is 0 Å². The lowest BCUT2D eigenvalue weighted by atomic mass is 10.0. The van der Waals surface area contributed by atoms with E-state index in [0.29, 0.717) is 38.0 Å². The SMILES string of the molecule is Cc1c(C(=O)O)cnn1C1CCN(C(=O)C2CC2c2cccc(F)c2F)CC1. The first-order valence-corrected chi connectivity index (χ1v) is 9.38. The van der Waals surface area contributed by atoms with E-state index in [-0.39, 0.29) is 34.9 Å². The number of hydrogen-bond acceptors (Lipinski definition) is 3. The molecule has 1 saturated carbocycles. The molecule has 0 bridgehead atoms. The number of aromatic nitrogens is 2. The van der Waals surface area contributed by atoms with E-state index in [1.165, 1.54) is 12.3 Å². The van der Waals surface area contributed by atoms with Gasteiger partial charge in [-0.05, 0) is 43.7 Å². The maximum Gasteiger partial charge on any atom is 0.339 e. The summed E-state index contributed by atoms with van der Waals surface area (Å²) in [6, 6.07) is 4.14. The molecule has 2 heterocycles. The number of carboxylic acids is 1. The zero-order chi connectivity index (χ0) is 20.0. The van der Waals surface area contributed by atoms with Gasteiger partial charge in [-0.15, -0.1) is 0 Å². The van der Waals surface area contributed by atoms with Crippen LogP contribution in [0.25, 0.3) is 0 Å². The minimum atomic E-state index is -0.999. The van der Waals surface area contributed by atoms with Crippen molar-refractivity contribution in [2.24, 2.45) is 5.92 Å². The molecule has 1 aliphatic carbocycles. The van der Waals surface area contributed by atoms with Crippen molar-refractivity contribution in [3.8, 4) is 0 Å². The first-order chi connectivity index (χ1) is 13.4. The number of aromatic carboxylic acids is 1. The van der Waals surface area contributed by atoms with Crippen LogP contribution >= 0.6 is 0 Å². The van der Waals surface area contributed by atoms with Crippen LogP contribution in [0.5, 0.6) is 0 Å². The second-order valence-corrected chi connectivity index (χ2v) is 7.54. The Morgan fingerprint density at radius 1 is 1.21 bits per heavy atom. The molecule has 0 radical (unpaired) electrons. The maximum atomic E-state index is 14.0. The Bertz CT molecular complexity index is 935. The fraction of sp³-hybridized carbons (Fsp3) is 0.450. The van der Waals surface area contributed by atoms with Gasteiger partial charge in [0.05, 0.1) is 17.9 Å². The zero-order valence-electron chi connectivity index (χ0n) is 15.4. The molecule has 2 aliphatic rings. The number of carboxylic acid groups (broad SMARTS) is 1. The van der Waals surface area contributed by atoms with Crippen molar-refractivity contribution in [3.63, 3.8) is 0 Å². The van der Waals surface area contributed by atoms with Gasteiger partial charge >= 0.3 is 5.97 Å². The van der Waals surface area contributed by atoms with Gasteiger partial charge in [0, 0.05) is 19.0 Å². The summed E-state index contributed by atoms with van der Waals surface area (Å²) in [7, 11) is 0. The molecule has 28 heavy (non-hydrogen) atoms. The van der Waals surface area contributed by atoms with Crippen LogP contribution < -0.4 is 0 Å². The van der Waals surface area contributed by atoms with Crippen LogP contribution in [0.3, 0.4) is 0 Å². The highest BCUT2D eigenvalue weighted by Crippen LogP contribution is 2.49.